The van der Waals surface area contributed by atoms with E-state index in [4.69, 9.17) is 5.73 Å². The van der Waals surface area contributed by atoms with Crippen LogP contribution < -0.4 is 5.73 Å². The topological polar surface area (TPSA) is 46.2 Å². The van der Waals surface area contributed by atoms with Crippen LogP contribution in [0.5, 0.6) is 0 Å². The SMILES string of the molecule is NCc1ccc(/C=C/C2=CCC=C(O)C=C2)cc1. The summed E-state index contributed by atoms with van der Waals surface area (Å²) in [6.45, 7) is 0.572. The van der Waals surface area contributed by atoms with E-state index in [1.54, 1.807) is 12.2 Å². The van der Waals surface area contributed by atoms with Gasteiger partial charge in [0.25, 0.3) is 0 Å². The minimum Gasteiger partial charge on any atom is -0.508 e. The third-order valence-corrected chi connectivity index (χ3v) is 2.81. The Morgan fingerprint density at radius 1 is 1.06 bits per heavy atom. The molecule has 1 aromatic rings. The number of aliphatic hydroxyl groups is 1. The van der Waals surface area contributed by atoms with Gasteiger partial charge in [0.05, 0.1) is 0 Å². The summed E-state index contributed by atoms with van der Waals surface area (Å²) in [6, 6.07) is 8.17. The van der Waals surface area contributed by atoms with Gasteiger partial charge in [-0.3, -0.25) is 0 Å². The third kappa shape index (κ3) is 3.47. The molecule has 1 aliphatic rings. The predicted molar refractivity (Wildman–Crippen MR) is 75.9 cm³/mol. The molecule has 2 heteroatoms. The fraction of sp³-hybridized carbons (Fsp3) is 0.125. The van der Waals surface area contributed by atoms with Crippen LogP contribution in [0.15, 0.2) is 66.0 Å². The summed E-state index contributed by atoms with van der Waals surface area (Å²) in [5.41, 5.74) is 8.93. The molecule has 0 atom stereocenters. The maximum Gasteiger partial charge on any atom is 0.111 e. The molecule has 0 saturated carbocycles. The van der Waals surface area contributed by atoms with Crippen molar-refractivity contribution < 1.29 is 5.11 Å². The first-order valence-corrected chi connectivity index (χ1v) is 6.02. The van der Waals surface area contributed by atoms with E-state index in [1.807, 2.05) is 24.3 Å². The molecule has 0 unspecified atom stereocenters. The van der Waals surface area contributed by atoms with Gasteiger partial charge in [-0.25, -0.2) is 0 Å². The predicted octanol–water partition coefficient (Wildman–Crippen LogP) is 3.49. The second kappa shape index (κ2) is 6.03. The Balaban J connectivity index is 2.06. The van der Waals surface area contributed by atoms with Gasteiger partial charge < -0.3 is 10.8 Å². The average molecular weight is 239 g/mol. The van der Waals surface area contributed by atoms with Crippen LogP contribution in [0, 0.1) is 0 Å². The summed E-state index contributed by atoms with van der Waals surface area (Å²) in [5, 5.41) is 9.35. The quantitative estimate of drug-likeness (QED) is 0.848. The first kappa shape index (κ1) is 12.4. The smallest absolute Gasteiger partial charge is 0.111 e. The van der Waals surface area contributed by atoms with Crippen LogP contribution in [0.1, 0.15) is 17.5 Å². The summed E-state index contributed by atoms with van der Waals surface area (Å²) in [6.07, 6.45) is 12.3. The van der Waals surface area contributed by atoms with Gasteiger partial charge in [0, 0.05) is 6.54 Å². The molecule has 3 N–H and O–H groups in total. The highest BCUT2D eigenvalue weighted by Gasteiger charge is 1.94. The van der Waals surface area contributed by atoms with Crippen LogP contribution in [-0.4, -0.2) is 5.11 Å². The monoisotopic (exact) mass is 239 g/mol. The maximum atomic E-state index is 9.35. The van der Waals surface area contributed by atoms with E-state index < -0.39 is 0 Å². The molecular weight excluding hydrogens is 222 g/mol. The molecule has 0 spiro atoms. The molecule has 0 radical (unpaired) electrons. The number of allylic oxidation sites excluding steroid dienone is 6. The molecule has 1 aliphatic carbocycles. The largest absolute Gasteiger partial charge is 0.508 e. The molecular formula is C16H17NO. The Morgan fingerprint density at radius 2 is 1.83 bits per heavy atom. The highest BCUT2D eigenvalue weighted by Crippen LogP contribution is 2.12. The van der Waals surface area contributed by atoms with Crippen molar-refractivity contribution in [2.45, 2.75) is 13.0 Å². The van der Waals surface area contributed by atoms with Crippen molar-refractivity contribution in [1.82, 2.24) is 0 Å². The lowest BCUT2D eigenvalue weighted by Crippen LogP contribution is -1.94. The molecule has 0 aromatic heterocycles. The first-order chi connectivity index (χ1) is 8.78. The van der Waals surface area contributed by atoms with Gasteiger partial charge in [-0.2, -0.15) is 0 Å². The summed E-state index contributed by atoms with van der Waals surface area (Å²) >= 11 is 0. The Kier molecular flexibility index (Phi) is 4.15. The number of rotatable bonds is 3. The van der Waals surface area contributed by atoms with Gasteiger partial charge >= 0.3 is 0 Å². The molecule has 0 fully saturated rings. The van der Waals surface area contributed by atoms with Crippen molar-refractivity contribution in [3.63, 3.8) is 0 Å². The van der Waals surface area contributed by atoms with Crippen LogP contribution in [-0.2, 0) is 6.54 Å². The zero-order chi connectivity index (χ0) is 12.8. The van der Waals surface area contributed by atoms with Crippen LogP contribution in [0.2, 0.25) is 0 Å². The lowest BCUT2D eigenvalue weighted by Gasteiger charge is -1.97. The molecule has 0 saturated heterocycles. The molecule has 0 heterocycles. The summed E-state index contributed by atoms with van der Waals surface area (Å²) in [5.74, 6) is 0.321. The summed E-state index contributed by atoms with van der Waals surface area (Å²) in [7, 11) is 0. The van der Waals surface area contributed by atoms with Crippen LogP contribution >= 0.6 is 0 Å². The summed E-state index contributed by atoms with van der Waals surface area (Å²) in [4.78, 5) is 0. The standard InChI is InChI=1S/C16H17NO/c17-12-15-8-6-14(7-9-15)5-4-13-2-1-3-16(18)11-10-13/h2-11,18H,1,12,17H2/b5-4+. The molecule has 0 bridgehead atoms. The third-order valence-electron chi connectivity index (χ3n) is 2.81. The van der Waals surface area contributed by atoms with Crippen molar-refractivity contribution in [3.8, 4) is 0 Å². The van der Waals surface area contributed by atoms with Gasteiger partial charge in [-0.05, 0) is 35.3 Å². The Labute approximate surface area is 107 Å². The zero-order valence-electron chi connectivity index (χ0n) is 10.2. The normalized spacial score (nSPS) is 15.4. The van der Waals surface area contributed by atoms with Crippen molar-refractivity contribution >= 4 is 6.08 Å². The number of benzene rings is 1. The highest BCUT2D eigenvalue weighted by atomic mass is 16.3. The number of hydrogen-bond donors (Lipinski definition) is 2. The Hall–Kier alpha value is -2.06. The van der Waals surface area contributed by atoms with Gasteiger partial charge in [-0.15, -0.1) is 0 Å². The Bertz CT molecular complexity index is 519. The zero-order valence-corrected chi connectivity index (χ0v) is 10.2. The number of aliphatic hydroxyl groups excluding tert-OH is 1. The van der Waals surface area contributed by atoms with E-state index in [-0.39, 0.29) is 0 Å². The van der Waals surface area contributed by atoms with Crippen LogP contribution in [0.25, 0.3) is 6.08 Å². The fourth-order valence-electron chi connectivity index (χ4n) is 1.71. The minimum absolute atomic E-state index is 0.321. The molecule has 1 aromatic carbocycles. The van der Waals surface area contributed by atoms with Crippen LogP contribution in [0.3, 0.4) is 0 Å². The average Bonchev–Trinajstić information content (AvgIpc) is 2.62. The van der Waals surface area contributed by atoms with E-state index in [2.05, 4.69) is 24.3 Å². The maximum absolute atomic E-state index is 9.35. The molecule has 0 aliphatic heterocycles. The second-order valence-corrected chi connectivity index (χ2v) is 4.18. The van der Waals surface area contributed by atoms with Crippen molar-refractivity contribution in [2.24, 2.45) is 5.73 Å². The van der Waals surface area contributed by atoms with Gasteiger partial charge in [0.2, 0.25) is 0 Å². The second-order valence-electron chi connectivity index (χ2n) is 4.18. The molecule has 18 heavy (non-hydrogen) atoms. The van der Waals surface area contributed by atoms with E-state index in [9.17, 15) is 5.11 Å². The van der Waals surface area contributed by atoms with Crippen LogP contribution in [0.4, 0.5) is 0 Å². The van der Waals surface area contributed by atoms with E-state index in [0.717, 1.165) is 23.1 Å². The molecule has 2 nitrogen and oxygen atoms in total. The van der Waals surface area contributed by atoms with Crippen molar-refractivity contribution in [3.05, 3.63) is 77.1 Å². The lowest BCUT2D eigenvalue weighted by molar-refractivity contribution is 0.431. The highest BCUT2D eigenvalue weighted by molar-refractivity contribution is 5.55. The first-order valence-electron chi connectivity index (χ1n) is 6.02. The van der Waals surface area contributed by atoms with Crippen molar-refractivity contribution in [2.75, 3.05) is 0 Å². The number of nitrogens with two attached hydrogens (primary N) is 1. The Morgan fingerprint density at radius 3 is 2.56 bits per heavy atom. The van der Waals surface area contributed by atoms with Crippen molar-refractivity contribution in [1.29, 1.82) is 0 Å². The van der Waals surface area contributed by atoms with E-state index in [1.165, 1.54) is 0 Å². The van der Waals surface area contributed by atoms with Gasteiger partial charge in [0.1, 0.15) is 5.76 Å². The molecule has 0 amide bonds. The van der Waals surface area contributed by atoms with Gasteiger partial charge in [0.15, 0.2) is 0 Å². The fourth-order valence-corrected chi connectivity index (χ4v) is 1.71. The van der Waals surface area contributed by atoms with E-state index >= 15 is 0 Å². The minimum atomic E-state index is 0.321. The summed E-state index contributed by atoms with van der Waals surface area (Å²) < 4.78 is 0. The molecule has 2 rings (SSSR count). The lowest BCUT2D eigenvalue weighted by atomic mass is 10.1. The number of hydrogen-bond acceptors (Lipinski definition) is 2. The van der Waals surface area contributed by atoms with E-state index in [0.29, 0.717) is 12.3 Å². The van der Waals surface area contributed by atoms with Gasteiger partial charge in [-0.1, -0.05) is 48.6 Å². The molecule has 92 valence electrons.